The van der Waals surface area contributed by atoms with Gasteiger partial charge in [0.25, 0.3) is 0 Å². The minimum absolute atomic E-state index is 0.0918. The van der Waals surface area contributed by atoms with Gasteiger partial charge >= 0.3 is 0 Å². The van der Waals surface area contributed by atoms with Crippen LogP contribution in [0.4, 0.5) is 8.78 Å². The third-order valence-corrected chi connectivity index (χ3v) is 3.70. The van der Waals surface area contributed by atoms with Crippen LogP contribution in [0.15, 0.2) is 36.4 Å². The first-order chi connectivity index (χ1) is 10.1. The van der Waals surface area contributed by atoms with Crippen molar-refractivity contribution in [1.82, 2.24) is 0 Å². The molecule has 21 heavy (non-hydrogen) atoms. The minimum Gasteiger partial charge on any atom is -0.490 e. The number of aryl methyl sites for hydroxylation is 1. The number of ether oxygens (including phenoxy) is 1. The van der Waals surface area contributed by atoms with Gasteiger partial charge in [-0.05, 0) is 49.1 Å². The third-order valence-electron chi connectivity index (χ3n) is 3.70. The predicted molar refractivity (Wildman–Crippen MR) is 77.2 cm³/mol. The maximum absolute atomic E-state index is 14.1. The number of hydrogen-bond donors (Lipinski definition) is 1. The summed E-state index contributed by atoms with van der Waals surface area (Å²) >= 11 is 0. The molecule has 1 unspecified atom stereocenters. The largest absolute Gasteiger partial charge is 0.490 e. The van der Waals surface area contributed by atoms with Gasteiger partial charge in [0.2, 0.25) is 0 Å². The van der Waals surface area contributed by atoms with Crippen LogP contribution in [0.5, 0.6) is 5.75 Å². The van der Waals surface area contributed by atoms with Crippen molar-refractivity contribution in [2.24, 2.45) is 5.73 Å². The predicted octanol–water partition coefficient (Wildman–Crippen LogP) is 3.86. The van der Waals surface area contributed by atoms with Gasteiger partial charge in [0.15, 0.2) is 0 Å². The lowest BCUT2D eigenvalue weighted by Gasteiger charge is -2.16. The number of nitrogens with two attached hydrogens (primary N) is 1. The Morgan fingerprint density at radius 1 is 1.10 bits per heavy atom. The zero-order valence-corrected chi connectivity index (χ0v) is 11.8. The van der Waals surface area contributed by atoms with Crippen LogP contribution in [0.3, 0.4) is 0 Å². The van der Waals surface area contributed by atoms with Gasteiger partial charge in [-0.3, -0.25) is 0 Å². The second-order valence-corrected chi connectivity index (χ2v) is 5.46. The molecule has 1 saturated carbocycles. The molecule has 1 aliphatic rings. The highest BCUT2D eigenvalue weighted by atomic mass is 19.1. The summed E-state index contributed by atoms with van der Waals surface area (Å²) in [7, 11) is 0. The van der Waals surface area contributed by atoms with Gasteiger partial charge < -0.3 is 10.5 Å². The Morgan fingerprint density at radius 3 is 2.38 bits per heavy atom. The Balaban J connectivity index is 1.87. The maximum atomic E-state index is 14.1. The van der Waals surface area contributed by atoms with Crippen LogP contribution < -0.4 is 10.5 Å². The molecule has 0 bridgehead atoms. The molecule has 3 rings (SSSR count). The van der Waals surface area contributed by atoms with E-state index in [-0.39, 0.29) is 5.56 Å². The molecule has 4 heteroatoms. The molecule has 1 aliphatic carbocycles. The molecule has 2 aromatic rings. The van der Waals surface area contributed by atoms with E-state index in [9.17, 15) is 8.78 Å². The Labute approximate surface area is 122 Å². The van der Waals surface area contributed by atoms with Crippen LogP contribution in [-0.4, -0.2) is 6.10 Å². The van der Waals surface area contributed by atoms with Crippen LogP contribution in [0.1, 0.15) is 35.6 Å². The summed E-state index contributed by atoms with van der Waals surface area (Å²) in [5, 5.41) is 0. The zero-order chi connectivity index (χ0) is 15.0. The average Bonchev–Trinajstić information content (AvgIpc) is 3.28. The van der Waals surface area contributed by atoms with Gasteiger partial charge in [-0.1, -0.05) is 18.2 Å². The summed E-state index contributed by atoms with van der Waals surface area (Å²) in [4.78, 5) is 0. The molecule has 110 valence electrons. The second kappa shape index (κ2) is 5.45. The SMILES string of the molecule is Cc1ccc(F)c(C(N)c2ccc(OC3CC3)cc2)c1F. The topological polar surface area (TPSA) is 35.2 Å². The molecule has 2 N–H and O–H groups in total. The van der Waals surface area contributed by atoms with Crippen LogP contribution in [-0.2, 0) is 0 Å². The molecule has 1 atom stereocenters. The number of halogens is 2. The number of hydrogen-bond acceptors (Lipinski definition) is 2. The van der Waals surface area contributed by atoms with Crippen LogP contribution in [0.2, 0.25) is 0 Å². The molecular weight excluding hydrogens is 272 g/mol. The molecular formula is C17H17F2NO. The van der Waals surface area contributed by atoms with Gasteiger partial charge in [0, 0.05) is 5.56 Å². The highest BCUT2D eigenvalue weighted by Crippen LogP contribution is 2.30. The molecule has 0 radical (unpaired) electrons. The van der Waals surface area contributed by atoms with Crippen molar-refractivity contribution in [3.8, 4) is 5.75 Å². The summed E-state index contributed by atoms with van der Waals surface area (Å²) in [6.07, 6.45) is 2.48. The monoisotopic (exact) mass is 289 g/mol. The molecule has 0 aliphatic heterocycles. The number of rotatable bonds is 4. The Morgan fingerprint density at radius 2 is 1.76 bits per heavy atom. The third kappa shape index (κ3) is 2.90. The lowest BCUT2D eigenvalue weighted by Crippen LogP contribution is -2.16. The van der Waals surface area contributed by atoms with E-state index in [4.69, 9.17) is 10.5 Å². The minimum atomic E-state index is -0.833. The summed E-state index contributed by atoms with van der Waals surface area (Å²) in [5.74, 6) is -0.441. The summed E-state index contributed by atoms with van der Waals surface area (Å²) < 4.78 is 33.6. The zero-order valence-electron chi connectivity index (χ0n) is 11.8. The average molecular weight is 289 g/mol. The van der Waals surface area contributed by atoms with E-state index in [1.54, 1.807) is 31.2 Å². The highest BCUT2D eigenvalue weighted by Gasteiger charge is 2.24. The van der Waals surface area contributed by atoms with E-state index >= 15 is 0 Å². The van der Waals surface area contributed by atoms with Crippen molar-refractivity contribution >= 4 is 0 Å². The van der Waals surface area contributed by atoms with Gasteiger partial charge in [0.1, 0.15) is 17.4 Å². The van der Waals surface area contributed by atoms with Crippen LogP contribution in [0, 0.1) is 18.6 Å². The van der Waals surface area contributed by atoms with Crippen molar-refractivity contribution in [3.05, 3.63) is 64.7 Å². The van der Waals surface area contributed by atoms with E-state index in [2.05, 4.69) is 0 Å². The van der Waals surface area contributed by atoms with Crippen molar-refractivity contribution in [3.63, 3.8) is 0 Å². The quantitative estimate of drug-likeness (QED) is 0.927. The lowest BCUT2D eigenvalue weighted by molar-refractivity contribution is 0.303. The molecule has 1 fully saturated rings. The first-order valence-electron chi connectivity index (χ1n) is 7.03. The Bertz CT molecular complexity index is 651. The molecule has 0 spiro atoms. The standard InChI is InChI=1S/C17H17F2NO/c1-10-2-9-14(18)15(16(10)19)17(20)11-3-5-12(6-4-11)21-13-7-8-13/h2-6,9,13,17H,7-8,20H2,1H3. The molecule has 0 heterocycles. The summed E-state index contributed by atoms with van der Waals surface area (Å²) in [6, 6.07) is 8.91. The highest BCUT2D eigenvalue weighted by molar-refractivity contribution is 5.38. The number of benzene rings is 2. The fourth-order valence-corrected chi connectivity index (χ4v) is 2.26. The van der Waals surface area contributed by atoms with Gasteiger partial charge in [-0.15, -0.1) is 0 Å². The van der Waals surface area contributed by atoms with Crippen LogP contribution >= 0.6 is 0 Å². The van der Waals surface area contributed by atoms with E-state index in [0.29, 0.717) is 17.2 Å². The van der Waals surface area contributed by atoms with E-state index < -0.39 is 17.7 Å². The summed E-state index contributed by atoms with van der Waals surface area (Å²) in [5.41, 5.74) is 6.98. The van der Waals surface area contributed by atoms with Crippen molar-refractivity contribution < 1.29 is 13.5 Å². The smallest absolute Gasteiger partial charge is 0.134 e. The van der Waals surface area contributed by atoms with Crippen molar-refractivity contribution in [1.29, 1.82) is 0 Å². The van der Waals surface area contributed by atoms with Gasteiger partial charge in [0.05, 0.1) is 12.1 Å². The van der Waals surface area contributed by atoms with Crippen molar-refractivity contribution in [2.45, 2.75) is 31.9 Å². The van der Waals surface area contributed by atoms with E-state index in [1.165, 1.54) is 12.1 Å². The fourth-order valence-electron chi connectivity index (χ4n) is 2.26. The molecule has 2 nitrogen and oxygen atoms in total. The first-order valence-corrected chi connectivity index (χ1v) is 7.03. The molecule has 2 aromatic carbocycles. The van der Waals surface area contributed by atoms with Crippen LogP contribution in [0.25, 0.3) is 0 Å². The van der Waals surface area contributed by atoms with Gasteiger partial charge in [-0.25, -0.2) is 8.78 Å². The van der Waals surface area contributed by atoms with E-state index in [0.717, 1.165) is 18.6 Å². The Kier molecular flexibility index (Phi) is 3.64. The second-order valence-electron chi connectivity index (χ2n) is 5.46. The van der Waals surface area contributed by atoms with Gasteiger partial charge in [-0.2, -0.15) is 0 Å². The fraction of sp³-hybridized carbons (Fsp3) is 0.294. The normalized spacial score (nSPS) is 15.8. The summed E-state index contributed by atoms with van der Waals surface area (Å²) in [6.45, 7) is 1.59. The molecule has 0 saturated heterocycles. The molecule has 0 aromatic heterocycles. The molecule has 0 amide bonds. The lowest BCUT2D eigenvalue weighted by atomic mass is 9.97. The first kappa shape index (κ1) is 14.0. The Hall–Kier alpha value is -1.94. The van der Waals surface area contributed by atoms with E-state index in [1.807, 2.05) is 0 Å². The maximum Gasteiger partial charge on any atom is 0.134 e. The van der Waals surface area contributed by atoms with Crippen molar-refractivity contribution in [2.75, 3.05) is 0 Å².